The van der Waals surface area contributed by atoms with E-state index in [-0.39, 0.29) is 23.2 Å². The Labute approximate surface area is 197 Å². The maximum absolute atomic E-state index is 14.3. The lowest BCUT2D eigenvalue weighted by Gasteiger charge is -2.26. The van der Waals surface area contributed by atoms with Crippen LogP contribution in [0.2, 0.25) is 0 Å². The van der Waals surface area contributed by atoms with Crippen molar-refractivity contribution in [1.29, 1.82) is 0 Å². The number of fused-ring (bicyclic) bond motifs is 2. The molecule has 34 heavy (non-hydrogen) atoms. The molecule has 2 aliphatic heterocycles. The monoisotopic (exact) mass is 462 g/mol. The van der Waals surface area contributed by atoms with E-state index in [1.54, 1.807) is 25.4 Å². The van der Waals surface area contributed by atoms with Crippen LogP contribution in [0.25, 0.3) is 11.3 Å². The van der Waals surface area contributed by atoms with Gasteiger partial charge in [0.1, 0.15) is 11.6 Å². The molecular weight excluding hydrogens is 435 g/mol. The van der Waals surface area contributed by atoms with E-state index < -0.39 is 0 Å². The smallest absolute Gasteiger partial charge is 0.255 e. The van der Waals surface area contributed by atoms with E-state index >= 15 is 0 Å². The van der Waals surface area contributed by atoms with Gasteiger partial charge in [-0.05, 0) is 44.4 Å². The minimum atomic E-state index is -0.301. The number of hydrogen-bond donors (Lipinski definition) is 3. The van der Waals surface area contributed by atoms with Gasteiger partial charge in [-0.2, -0.15) is 0 Å². The molecule has 6 rings (SSSR count). The van der Waals surface area contributed by atoms with Crippen LogP contribution < -0.4 is 15.4 Å². The van der Waals surface area contributed by atoms with Gasteiger partial charge in [-0.1, -0.05) is 6.07 Å². The summed E-state index contributed by atoms with van der Waals surface area (Å²) in [6.45, 7) is 3.68. The lowest BCUT2D eigenvalue weighted by molar-refractivity contribution is -0.0596. The second-order valence-corrected chi connectivity index (χ2v) is 9.42. The molecule has 2 fully saturated rings. The molecule has 0 bridgehead atoms. The predicted molar refractivity (Wildman–Crippen MR) is 126 cm³/mol. The third-order valence-electron chi connectivity index (χ3n) is 7.27. The van der Waals surface area contributed by atoms with E-state index in [1.165, 1.54) is 6.07 Å². The number of ether oxygens (including phenoxy) is 2. The second-order valence-electron chi connectivity index (χ2n) is 9.42. The minimum absolute atomic E-state index is 0.0650. The Hall–Kier alpha value is -3.39. The van der Waals surface area contributed by atoms with Crippen LogP contribution in [0.4, 0.5) is 15.8 Å². The third kappa shape index (κ3) is 3.53. The average molecular weight is 463 g/mol. The first-order chi connectivity index (χ1) is 16.6. The van der Waals surface area contributed by atoms with Gasteiger partial charge in [0.25, 0.3) is 5.91 Å². The van der Waals surface area contributed by atoms with Crippen molar-refractivity contribution in [2.75, 3.05) is 25.1 Å². The SMILES string of the molecule is Cc1c(F)cccc1Nc1c(-c2ccncc2OCCC2CCO2)[nH]c2c1C(=O)NCC21CC1. The van der Waals surface area contributed by atoms with Crippen molar-refractivity contribution >= 4 is 17.3 Å². The van der Waals surface area contributed by atoms with E-state index in [0.29, 0.717) is 41.4 Å². The first-order valence-corrected chi connectivity index (χ1v) is 11.8. The minimum Gasteiger partial charge on any atom is -0.491 e. The zero-order valence-corrected chi connectivity index (χ0v) is 19.0. The van der Waals surface area contributed by atoms with E-state index in [0.717, 1.165) is 49.2 Å². The Morgan fingerprint density at radius 2 is 2.18 bits per heavy atom. The molecule has 1 saturated carbocycles. The number of aromatic amines is 1. The molecule has 0 radical (unpaired) electrons. The van der Waals surface area contributed by atoms with Crippen LogP contribution in [0.15, 0.2) is 36.7 Å². The fourth-order valence-electron chi connectivity index (χ4n) is 4.85. The molecule has 1 aliphatic carbocycles. The van der Waals surface area contributed by atoms with Gasteiger partial charge in [-0.3, -0.25) is 9.78 Å². The van der Waals surface area contributed by atoms with Crippen molar-refractivity contribution < 1.29 is 18.7 Å². The van der Waals surface area contributed by atoms with Crippen molar-refractivity contribution in [2.24, 2.45) is 0 Å². The van der Waals surface area contributed by atoms with Gasteiger partial charge in [0, 0.05) is 53.7 Å². The van der Waals surface area contributed by atoms with E-state index in [9.17, 15) is 9.18 Å². The van der Waals surface area contributed by atoms with Crippen LogP contribution in [0.1, 0.15) is 47.3 Å². The van der Waals surface area contributed by atoms with Gasteiger partial charge < -0.3 is 25.1 Å². The van der Waals surface area contributed by atoms with Crippen LogP contribution in [0.3, 0.4) is 0 Å². The molecular formula is C26H27FN4O3. The summed E-state index contributed by atoms with van der Waals surface area (Å²) in [5.41, 5.74) is 4.75. The summed E-state index contributed by atoms with van der Waals surface area (Å²) >= 11 is 0. The molecule has 2 aromatic heterocycles. The first kappa shape index (κ1) is 21.2. The normalized spacial score (nSPS) is 19.8. The van der Waals surface area contributed by atoms with E-state index in [2.05, 4.69) is 20.6 Å². The molecule has 1 amide bonds. The number of aromatic nitrogens is 2. The molecule has 7 nitrogen and oxygen atoms in total. The van der Waals surface area contributed by atoms with Gasteiger partial charge >= 0.3 is 0 Å². The first-order valence-electron chi connectivity index (χ1n) is 11.8. The molecule has 1 saturated heterocycles. The topological polar surface area (TPSA) is 88.3 Å². The highest BCUT2D eigenvalue weighted by molar-refractivity contribution is 6.07. The molecule has 3 N–H and O–H groups in total. The summed E-state index contributed by atoms with van der Waals surface area (Å²) in [6, 6.07) is 6.79. The molecule has 1 spiro atoms. The zero-order chi connectivity index (χ0) is 23.3. The van der Waals surface area contributed by atoms with Crippen LogP contribution in [-0.2, 0) is 10.2 Å². The summed E-state index contributed by atoms with van der Waals surface area (Å²) in [7, 11) is 0. The standard InChI is InChI=1S/C26H27FN4O3/c1-15-18(27)3-2-4-19(15)30-23-21-24(26(8-9-26)14-29-25(21)32)31-22(23)17-5-10-28-13-20(17)34-12-7-16-6-11-33-16/h2-5,10,13,16,30-31H,6-9,11-12,14H2,1H3,(H,29,32). The van der Waals surface area contributed by atoms with Crippen LogP contribution in [-0.4, -0.2) is 41.7 Å². The number of benzene rings is 1. The van der Waals surface area contributed by atoms with E-state index in [4.69, 9.17) is 9.47 Å². The number of carbonyl (C=O) groups excluding carboxylic acids is 1. The maximum Gasteiger partial charge on any atom is 0.255 e. The number of carbonyl (C=O) groups is 1. The largest absolute Gasteiger partial charge is 0.491 e. The molecule has 1 aromatic carbocycles. The summed E-state index contributed by atoms with van der Waals surface area (Å²) in [5.74, 6) is 0.195. The lowest BCUT2D eigenvalue weighted by Crippen LogP contribution is -2.39. The Bertz CT molecular complexity index is 1260. The number of H-pyrrole nitrogens is 1. The number of rotatable bonds is 7. The van der Waals surface area contributed by atoms with Gasteiger partial charge in [-0.25, -0.2) is 4.39 Å². The van der Waals surface area contributed by atoms with Gasteiger partial charge in [0.05, 0.1) is 35.9 Å². The average Bonchev–Trinajstić information content (AvgIpc) is 3.49. The molecule has 1 atom stereocenters. The summed E-state index contributed by atoms with van der Waals surface area (Å²) < 4.78 is 25.9. The molecule has 8 heteroatoms. The number of halogens is 1. The van der Waals surface area contributed by atoms with Crippen LogP contribution in [0.5, 0.6) is 5.75 Å². The number of pyridine rings is 1. The van der Waals surface area contributed by atoms with Gasteiger partial charge in [0.15, 0.2) is 0 Å². The number of nitrogens with zero attached hydrogens (tertiary/aromatic N) is 1. The van der Waals surface area contributed by atoms with Crippen molar-refractivity contribution in [2.45, 2.75) is 44.1 Å². The van der Waals surface area contributed by atoms with Crippen molar-refractivity contribution in [3.8, 4) is 17.0 Å². The van der Waals surface area contributed by atoms with Crippen LogP contribution >= 0.6 is 0 Å². The second kappa shape index (κ2) is 8.13. The fourth-order valence-corrected chi connectivity index (χ4v) is 4.85. The lowest BCUT2D eigenvalue weighted by atomic mass is 9.93. The number of nitrogens with one attached hydrogen (secondary N) is 3. The van der Waals surface area contributed by atoms with Crippen molar-refractivity contribution in [3.05, 3.63) is 59.3 Å². The van der Waals surface area contributed by atoms with E-state index in [1.807, 2.05) is 12.1 Å². The maximum atomic E-state index is 14.3. The summed E-state index contributed by atoms with van der Waals surface area (Å²) in [6.07, 6.45) is 7.56. The Morgan fingerprint density at radius 3 is 2.94 bits per heavy atom. The highest BCUT2D eigenvalue weighted by Crippen LogP contribution is 2.54. The molecule has 3 aliphatic rings. The zero-order valence-electron chi connectivity index (χ0n) is 19.0. The van der Waals surface area contributed by atoms with Gasteiger partial charge in [-0.15, -0.1) is 0 Å². The molecule has 3 aromatic rings. The molecule has 176 valence electrons. The Balaban J connectivity index is 1.44. The molecule has 4 heterocycles. The highest BCUT2D eigenvalue weighted by atomic mass is 19.1. The summed E-state index contributed by atoms with van der Waals surface area (Å²) in [5, 5.41) is 6.43. The highest BCUT2D eigenvalue weighted by Gasteiger charge is 2.51. The number of amides is 1. The van der Waals surface area contributed by atoms with Gasteiger partial charge in [0.2, 0.25) is 0 Å². The summed E-state index contributed by atoms with van der Waals surface area (Å²) in [4.78, 5) is 20.9. The van der Waals surface area contributed by atoms with Crippen LogP contribution in [0, 0.1) is 12.7 Å². The van der Waals surface area contributed by atoms with Crippen molar-refractivity contribution in [3.63, 3.8) is 0 Å². The molecule has 1 unspecified atom stereocenters. The number of anilines is 2. The predicted octanol–water partition coefficient (Wildman–Crippen LogP) is 4.60. The third-order valence-corrected chi connectivity index (χ3v) is 7.27. The quantitative estimate of drug-likeness (QED) is 0.478. The van der Waals surface area contributed by atoms with Crippen molar-refractivity contribution in [1.82, 2.24) is 15.3 Å². The Kier molecular flexibility index (Phi) is 5.06. The number of hydrogen-bond acceptors (Lipinski definition) is 5. The Morgan fingerprint density at radius 1 is 1.32 bits per heavy atom. The fraction of sp³-hybridized carbons (Fsp3) is 0.385.